The van der Waals surface area contributed by atoms with Gasteiger partial charge in [0.2, 0.25) is 0 Å². The van der Waals surface area contributed by atoms with Gasteiger partial charge in [-0.05, 0) is 48.4 Å². The Balaban J connectivity index is 1.65. The van der Waals surface area contributed by atoms with E-state index in [2.05, 4.69) is 55.5 Å². The number of thioether (sulfide) groups is 1. The van der Waals surface area contributed by atoms with Gasteiger partial charge in [-0.25, -0.2) is 0 Å². The van der Waals surface area contributed by atoms with Crippen LogP contribution in [0.4, 0.5) is 0 Å². The van der Waals surface area contributed by atoms with Crippen LogP contribution in [-0.2, 0) is 0 Å². The molecule has 1 unspecified atom stereocenters. The molecule has 0 radical (unpaired) electrons. The fourth-order valence-electron chi connectivity index (χ4n) is 2.78. The second-order valence-corrected chi connectivity index (χ2v) is 7.04. The summed E-state index contributed by atoms with van der Waals surface area (Å²) in [5, 5.41) is 0. The highest BCUT2D eigenvalue weighted by Gasteiger charge is 2.20. The predicted octanol–water partition coefficient (Wildman–Crippen LogP) is 5.05. The fourth-order valence-corrected chi connectivity index (χ4v) is 3.80. The Labute approximate surface area is 132 Å². The molecule has 0 amide bonds. The molecule has 21 heavy (non-hydrogen) atoms. The van der Waals surface area contributed by atoms with E-state index in [0.717, 1.165) is 11.7 Å². The Morgan fingerprint density at radius 3 is 2.67 bits per heavy atom. The first-order valence-corrected chi connectivity index (χ1v) is 8.76. The number of aryl methyl sites for hydroxylation is 1. The van der Waals surface area contributed by atoms with Gasteiger partial charge in [0.05, 0.1) is 0 Å². The van der Waals surface area contributed by atoms with Crippen LogP contribution in [0.3, 0.4) is 0 Å². The Morgan fingerprint density at radius 2 is 1.95 bits per heavy atom. The highest BCUT2D eigenvalue weighted by atomic mass is 32.2. The summed E-state index contributed by atoms with van der Waals surface area (Å²) in [6.07, 6.45) is 4.07. The SMILES string of the molecule is Cc1ccccc1SCC(N)c1cccc(C2CCC2)c1. The minimum Gasteiger partial charge on any atom is -0.323 e. The molecule has 1 saturated carbocycles. The second-order valence-electron chi connectivity index (χ2n) is 5.98. The molecule has 0 saturated heterocycles. The Kier molecular flexibility index (Phi) is 4.67. The first-order valence-electron chi connectivity index (χ1n) is 7.78. The molecule has 1 nitrogen and oxygen atoms in total. The van der Waals surface area contributed by atoms with Crippen LogP contribution >= 0.6 is 11.8 Å². The van der Waals surface area contributed by atoms with Crippen molar-refractivity contribution in [2.24, 2.45) is 5.73 Å². The van der Waals surface area contributed by atoms with Gasteiger partial charge in [-0.15, -0.1) is 11.8 Å². The van der Waals surface area contributed by atoms with Gasteiger partial charge in [-0.1, -0.05) is 48.9 Å². The maximum Gasteiger partial charge on any atom is 0.0390 e. The van der Waals surface area contributed by atoms with Gasteiger partial charge in [-0.3, -0.25) is 0 Å². The van der Waals surface area contributed by atoms with E-state index >= 15 is 0 Å². The van der Waals surface area contributed by atoms with E-state index < -0.39 is 0 Å². The van der Waals surface area contributed by atoms with Crippen LogP contribution < -0.4 is 5.73 Å². The molecular weight excluding hydrogens is 274 g/mol. The van der Waals surface area contributed by atoms with Crippen molar-refractivity contribution in [1.82, 2.24) is 0 Å². The largest absolute Gasteiger partial charge is 0.323 e. The molecule has 2 aromatic rings. The first-order chi connectivity index (χ1) is 10.2. The molecule has 1 atom stereocenters. The molecule has 0 aromatic heterocycles. The van der Waals surface area contributed by atoms with Crippen molar-refractivity contribution in [2.45, 2.75) is 43.0 Å². The molecule has 2 heteroatoms. The van der Waals surface area contributed by atoms with Crippen molar-refractivity contribution >= 4 is 11.8 Å². The van der Waals surface area contributed by atoms with Crippen molar-refractivity contribution < 1.29 is 0 Å². The Bertz CT molecular complexity index is 604. The standard InChI is InChI=1S/C19H23NS/c1-14-6-2-3-11-19(14)21-13-18(20)17-10-5-9-16(12-17)15-7-4-8-15/h2-3,5-6,9-12,15,18H,4,7-8,13,20H2,1H3. The lowest BCUT2D eigenvalue weighted by Gasteiger charge is -2.26. The number of nitrogens with two attached hydrogens (primary N) is 1. The molecule has 1 aliphatic carbocycles. The summed E-state index contributed by atoms with van der Waals surface area (Å²) < 4.78 is 0. The number of rotatable bonds is 5. The van der Waals surface area contributed by atoms with Gasteiger partial charge >= 0.3 is 0 Å². The van der Waals surface area contributed by atoms with E-state index in [9.17, 15) is 0 Å². The van der Waals surface area contributed by atoms with Crippen LogP contribution in [0.2, 0.25) is 0 Å². The maximum atomic E-state index is 6.40. The summed E-state index contributed by atoms with van der Waals surface area (Å²) in [7, 11) is 0. The van der Waals surface area contributed by atoms with E-state index in [1.54, 1.807) is 0 Å². The summed E-state index contributed by atoms with van der Waals surface area (Å²) >= 11 is 1.86. The van der Waals surface area contributed by atoms with Gasteiger partial charge in [0.15, 0.2) is 0 Å². The number of hydrogen-bond donors (Lipinski definition) is 1. The molecule has 0 aliphatic heterocycles. The quantitative estimate of drug-likeness (QED) is 0.781. The molecule has 2 N–H and O–H groups in total. The lowest BCUT2D eigenvalue weighted by molar-refractivity contribution is 0.419. The molecule has 2 aromatic carbocycles. The highest BCUT2D eigenvalue weighted by molar-refractivity contribution is 7.99. The topological polar surface area (TPSA) is 26.0 Å². The van der Waals surface area contributed by atoms with E-state index in [1.165, 1.54) is 40.8 Å². The maximum absolute atomic E-state index is 6.40. The van der Waals surface area contributed by atoms with Crippen molar-refractivity contribution in [1.29, 1.82) is 0 Å². The third kappa shape index (κ3) is 3.50. The zero-order chi connectivity index (χ0) is 14.7. The average Bonchev–Trinajstić information content (AvgIpc) is 2.45. The van der Waals surface area contributed by atoms with Crippen molar-refractivity contribution in [2.75, 3.05) is 5.75 Å². The van der Waals surface area contributed by atoms with Crippen LogP contribution in [0, 0.1) is 6.92 Å². The first kappa shape index (κ1) is 14.7. The molecule has 0 bridgehead atoms. The summed E-state index contributed by atoms with van der Waals surface area (Å²) in [4.78, 5) is 1.34. The third-order valence-electron chi connectivity index (χ3n) is 4.43. The molecule has 1 fully saturated rings. The van der Waals surface area contributed by atoms with E-state index in [-0.39, 0.29) is 6.04 Å². The van der Waals surface area contributed by atoms with E-state index in [0.29, 0.717) is 0 Å². The summed E-state index contributed by atoms with van der Waals surface area (Å²) in [6.45, 7) is 2.16. The van der Waals surface area contributed by atoms with Crippen LogP contribution in [0.25, 0.3) is 0 Å². The van der Waals surface area contributed by atoms with Crippen LogP contribution in [0.15, 0.2) is 53.4 Å². The summed E-state index contributed by atoms with van der Waals surface area (Å²) in [6, 6.07) is 17.5. The Morgan fingerprint density at radius 1 is 1.14 bits per heavy atom. The number of hydrogen-bond acceptors (Lipinski definition) is 2. The predicted molar refractivity (Wildman–Crippen MR) is 91.9 cm³/mol. The average molecular weight is 297 g/mol. The van der Waals surface area contributed by atoms with E-state index in [4.69, 9.17) is 5.73 Å². The zero-order valence-electron chi connectivity index (χ0n) is 12.6. The van der Waals surface area contributed by atoms with Gasteiger partial charge in [0, 0.05) is 16.7 Å². The van der Waals surface area contributed by atoms with Gasteiger partial charge in [0.1, 0.15) is 0 Å². The van der Waals surface area contributed by atoms with Gasteiger partial charge in [-0.2, -0.15) is 0 Å². The molecule has 0 heterocycles. The minimum absolute atomic E-state index is 0.106. The van der Waals surface area contributed by atoms with Crippen molar-refractivity contribution in [3.05, 3.63) is 65.2 Å². The van der Waals surface area contributed by atoms with Crippen molar-refractivity contribution in [3.8, 4) is 0 Å². The van der Waals surface area contributed by atoms with Gasteiger partial charge < -0.3 is 5.73 Å². The molecule has 1 aliphatic rings. The lowest BCUT2D eigenvalue weighted by atomic mass is 9.79. The summed E-state index contributed by atoms with van der Waals surface area (Å²) in [5.74, 6) is 1.71. The normalized spacial score (nSPS) is 16.5. The van der Waals surface area contributed by atoms with Crippen LogP contribution in [-0.4, -0.2) is 5.75 Å². The molecule has 3 rings (SSSR count). The fraction of sp³-hybridized carbons (Fsp3) is 0.368. The van der Waals surface area contributed by atoms with Crippen molar-refractivity contribution in [3.63, 3.8) is 0 Å². The number of benzene rings is 2. The Hall–Kier alpha value is -1.25. The van der Waals surface area contributed by atoms with Gasteiger partial charge in [0.25, 0.3) is 0 Å². The highest BCUT2D eigenvalue weighted by Crippen LogP contribution is 2.37. The molecule has 110 valence electrons. The van der Waals surface area contributed by atoms with Crippen LogP contribution in [0.1, 0.15) is 47.9 Å². The minimum atomic E-state index is 0.106. The molecule has 0 spiro atoms. The van der Waals surface area contributed by atoms with Crippen LogP contribution in [0.5, 0.6) is 0 Å². The smallest absolute Gasteiger partial charge is 0.0390 e. The van der Waals surface area contributed by atoms with E-state index in [1.807, 2.05) is 11.8 Å². The third-order valence-corrected chi connectivity index (χ3v) is 5.72. The summed E-state index contributed by atoms with van der Waals surface area (Å²) in [5.41, 5.74) is 10.5. The molecular formula is C19H23NS. The zero-order valence-corrected chi connectivity index (χ0v) is 13.4. The second kappa shape index (κ2) is 6.67. The lowest BCUT2D eigenvalue weighted by Crippen LogP contribution is -2.15. The monoisotopic (exact) mass is 297 g/mol.